The fraction of sp³-hybridized carbons (Fsp3) is 0.175. The molecule has 6 aromatic rings. The van der Waals surface area contributed by atoms with Crippen molar-refractivity contribution in [1.29, 1.82) is 0 Å². The fourth-order valence-electron chi connectivity index (χ4n) is 6.48. The molecule has 6 rings (SSSR count). The predicted octanol–water partition coefficient (Wildman–Crippen LogP) is 6.44. The third kappa shape index (κ3) is 6.56. The topological polar surface area (TPSA) is 17.8 Å². The molecule has 0 N–H and O–H groups in total. The lowest BCUT2D eigenvalue weighted by Gasteiger charge is -2.35. The first-order chi connectivity index (χ1) is 21.8. The summed E-state index contributed by atoms with van der Waals surface area (Å²) < 4.78 is 2.40. The molecule has 0 aliphatic heterocycles. The third-order valence-corrected chi connectivity index (χ3v) is 13.6. The van der Waals surface area contributed by atoms with E-state index in [-0.39, 0.29) is 5.82 Å². The van der Waals surface area contributed by atoms with Crippen molar-refractivity contribution in [3.8, 4) is 0 Å². The predicted molar refractivity (Wildman–Crippen MR) is 190 cm³/mol. The van der Waals surface area contributed by atoms with Gasteiger partial charge in [0, 0.05) is 18.6 Å². The van der Waals surface area contributed by atoms with Gasteiger partial charge in [0.2, 0.25) is 7.28 Å². The number of unbranched alkanes of at least 4 members (excludes halogenated alkanes) is 2. The Balaban J connectivity index is 1.44. The van der Waals surface area contributed by atoms with E-state index in [0.717, 1.165) is 18.3 Å². The van der Waals surface area contributed by atoms with Gasteiger partial charge in [-0.15, -0.1) is 0 Å². The average Bonchev–Trinajstić information content (AvgIpc) is 3.54. The van der Waals surface area contributed by atoms with Crippen LogP contribution in [0.3, 0.4) is 0 Å². The van der Waals surface area contributed by atoms with Crippen LogP contribution in [0.5, 0.6) is 0 Å². The second-order valence-corrected chi connectivity index (χ2v) is 15.5. The van der Waals surface area contributed by atoms with Crippen LogP contribution in [0.25, 0.3) is 0 Å². The molecule has 0 saturated heterocycles. The fourth-order valence-corrected chi connectivity index (χ4v) is 11.1. The number of nitrogens with zero attached hydrogens (tertiary/aromatic N) is 2. The van der Waals surface area contributed by atoms with Gasteiger partial charge in [-0.25, -0.2) is 0 Å². The van der Waals surface area contributed by atoms with Crippen molar-refractivity contribution in [1.82, 2.24) is 9.55 Å². The Morgan fingerprint density at radius 3 is 1.64 bits per heavy atom. The first-order valence-corrected chi connectivity index (χ1v) is 18.1. The SMILES string of the molecule is CCCCCc1ccc([Si](Cn2ccnc2[B]C(c2ccccc2)c2ccccc2)(c2ccccc2)c2ccccc2)cc1. The molecule has 1 aromatic heterocycles. The molecule has 4 heteroatoms. The summed E-state index contributed by atoms with van der Waals surface area (Å²) in [5, 5.41) is 4.25. The molecule has 1 heterocycles. The number of benzene rings is 5. The number of imidazole rings is 1. The Morgan fingerprint density at radius 2 is 1.11 bits per heavy atom. The second kappa shape index (κ2) is 14.4. The van der Waals surface area contributed by atoms with Crippen LogP contribution in [0.15, 0.2) is 158 Å². The maximum absolute atomic E-state index is 4.96. The quantitative estimate of drug-likeness (QED) is 0.0864. The molecule has 217 valence electrons. The van der Waals surface area contributed by atoms with Crippen LogP contribution < -0.4 is 21.3 Å². The Labute approximate surface area is 264 Å². The van der Waals surface area contributed by atoms with Crippen molar-refractivity contribution in [3.05, 3.63) is 175 Å². The zero-order valence-corrected chi connectivity index (χ0v) is 26.6. The Bertz CT molecular complexity index is 1620. The highest BCUT2D eigenvalue weighted by atomic mass is 28.3. The van der Waals surface area contributed by atoms with Crippen molar-refractivity contribution in [2.24, 2.45) is 0 Å². The molecular weight excluding hydrogens is 547 g/mol. The van der Waals surface area contributed by atoms with Gasteiger partial charge in [-0.3, -0.25) is 4.98 Å². The maximum Gasteiger partial charge on any atom is 0.215 e. The maximum atomic E-state index is 4.96. The molecule has 0 amide bonds. The molecule has 0 spiro atoms. The first kappa shape index (κ1) is 29.7. The molecule has 2 nitrogen and oxygen atoms in total. The molecule has 0 fully saturated rings. The molecule has 0 unspecified atom stereocenters. The molecule has 0 aliphatic carbocycles. The Kier molecular flexibility index (Phi) is 9.69. The van der Waals surface area contributed by atoms with Crippen LogP contribution >= 0.6 is 0 Å². The lowest BCUT2D eigenvalue weighted by molar-refractivity contribution is 0.717. The summed E-state index contributed by atoms with van der Waals surface area (Å²) in [6, 6.07) is 53.5. The van der Waals surface area contributed by atoms with Crippen molar-refractivity contribution < 1.29 is 0 Å². The van der Waals surface area contributed by atoms with Gasteiger partial charge in [0.1, 0.15) is 0 Å². The third-order valence-electron chi connectivity index (χ3n) is 8.84. The van der Waals surface area contributed by atoms with E-state index in [4.69, 9.17) is 4.98 Å². The van der Waals surface area contributed by atoms with Gasteiger partial charge in [0.05, 0.1) is 5.72 Å². The van der Waals surface area contributed by atoms with E-state index in [2.05, 4.69) is 171 Å². The lowest BCUT2D eigenvalue weighted by Crippen LogP contribution is -2.70. The summed E-state index contributed by atoms with van der Waals surface area (Å²) in [4.78, 5) is 4.96. The number of rotatable bonds is 13. The van der Waals surface area contributed by atoms with Crippen LogP contribution in [0.4, 0.5) is 0 Å². The van der Waals surface area contributed by atoms with Gasteiger partial charge in [-0.05, 0) is 50.9 Å². The smallest absolute Gasteiger partial charge is 0.215 e. The summed E-state index contributed by atoms with van der Waals surface area (Å²) >= 11 is 0. The number of aromatic nitrogens is 2. The lowest BCUT2D eigenvalue weighted by atomic mass is 9.58. The molecule has 1 radical (unpaired) electrons. The van der Waals surface area contributed by atoms with E-state index in [1.165, 1.54) is 51.5 Å². The van der Waals surface area contributed by atoms with Gasteiger partial charge < -0.3 is 4.57 Å². The highest BCUT2D eigenvalue weighted by Gasteiger charge is 2.40. The van der Waals surface area contributed by atoms with Gasteiger partial charge in [0.25, 0.3) is 0 Å². The summed E-state index contributed by atoms with van der Waals surface area (Å²) in [5.41, 5.74) is 4.96. The number of hydrogen-bond acceptors (Lipinski definition) is 1. The Hall–Kier alpha value is -4.41. The first-order valence-electron chi connectivity index (χ1n) is 15.9. The minimum atomic E-state index is -2.53. The van der Waals surface area contributed by atoms with E-state index < -0.39 is 8.07 Å². The van der Waals surface area contributed by atoms with Crippen LogP contribution in [0, 0.1) is 0 Å². The minimum Gasteiger partial charge on any atom is -0.345 e. The van der Waals surface area contributed by atoms with Gasteiger partial charge in [-0.2, -0.15) is 0 Å². The van der Waals surface area contributed by atoms with Crippen LogP contribution in [-0.4, -0.2) is 24.9 Å². The van der Waals surface area contributed by atoms with Gasteiger partial charge >= 0.3 is 0 Å². The molecular formula is C40H40BN2Si. The van der Waals surface area contributed by atoms with E-state index in [1.54, 1.807) is 0 Å². The van der Waals surface area contributed by atoms with Crippen LogP contribution in [0.2, 0.25) is 0 Å². The summed E-state index contributed by atoms with van der Waals surface area (Å²) in [5.74, 6) is 0.102. The van der Waals surface area contributed by atoms with Crippen molar-refractivity contribution in [2.45, 2.75) is 44.6 Å². The zero-order chi connectivity index (χ0) is 30.0. The van der Waals surface area contributed by atoms with E-state index in [1.807, 2.05) is 6.20 Å². The van der Waals surface area contributed by atoms with Crippen LogP contribution in [0.1, 0.15) is 48.7 Å². The van der Waals surface area contributed by atoms with Gasteiger partial charge in [0.15, 0.2) is 8.07 Å². The summed E-state index contributed by atoms with van der Waals surface area (Å²) in [6.07, 6.45) is 9.90. The molecule has 5 aromatic carbocycles. The van der Waals surface area contributed by atoms with E-state index in [9.17, 15) is 0 Å². The largest absolute Gasteiger partial charge is 0.345 e. The Morgan fingerprint density at radius 1 is 0.614 bits per heavy atom. The van der Waals surface area contributed by atoms with Gasteiger partial charge in [-0.1, -0.05) is 165 Å². The highest BCUT2D eigenvalue weighted by molar-refractivity contribution is 7.10. The number of aryl methyl sites for hydroxylation is 1. The molecule has 0 bridgehead atoms. The second-order valence-electron chi connectivity index (χ2n) is 11.7. The highest BCUT2D eigenvalue weighted by Crippen LogP contribution is 2.23. The molecule has 0 saturated carbocycles. The summed E-state index contributed by atoms with van der Waals surface area (Å²) in [7, 11) is -0.184. The van der Waals surface area contributed by atoms with E-state index >= 15 is 0 Å². The van der Waals surface area contributed by atoms with E-state index in [0.29, 0.717) is 0 Å². The van der Waals surface area contributed by atoms with Crippen molar-refractivity contribution in [2.75, 3.05) is 0 Å². The average molecular weight is 588 g/mol. The molecule has 44 heavy (non-hydrogen) atoms. The minimum absolute atomic E-state index is 0.102. The summed E-state index contributed by atoms with van der Waals surface area (Å²) in [6.45, 7) is 2.27. The van der Waals surface area contributed by atoms with Crippen molar-refractivity contribution >= 4 is 36.6 Å². The molecule has 0 aliphatic rings. The monoisotopic (exact) mass is 587 g/mol. The van der Waals surface area contributed by atoms with Crippen LogP contribution in [-0.2, 0) is 12.6 Å². The standard InChI is InChI=1S/C40H40BN2Si/c1-2-3-8-17-33-26-28-38(29-27-33)44(36-22-13-6-14-23-36,37-24-15-7-16-25-37)32-43-31-30-42-40(43)41-39(34-18-9-4-10-19-34)35-20-11-5-12-21-35/h4-7,9-16,18-31,39H,2-3,8,17,32H2,1H3. The van der Waals surface area contributed by atoms with Crippen molar-refractivity contribution in [3.63, 3.8) is 0 Å². The number of hydrogen-bond donors (Lipinski definition) is 0. The normalized spacial score (nSPS) is 11.5. The zero-order valence-electron chi connectivity index (χ0n) is 25.6. The molecule has 0 atom stereocenters.